The maximum atomic E-state index is 10.8. The molecule has 0 atom stereocenters. The van der Waals surface area contributed by atoms with Gasteiger partial charge in [-0.25, -0.2) is 4.98 Å². The summed E-state index contributed by atoms with van der Waals surface area (Å²) in [5.41, 5.74) is 6.29. The first-order valence-electron chi connectivity index (χ1n) is 8.84. The number of carbonyl (C=O) groups is 1. The number of anilines is 1. The zero-order chi connectivity index (χ0) is 20.1. The summed E-state index contributed by atoms with van der Waals surface area (Å²) in [6.45, 7) is 7.66. The molecule has 0 aliphatic carbocycles. The van der Waals surface area contributed by atoms with E-state index in [2.05, 4.69) is 26.8 Å². The quantitative estimate of drug-likeness (QED) is 0.523. The third kappa shape index (κ3) is 4.54. The van der Waals surface area contributed by atoms with Crippen molar-refractivity contribution >= 4 is 28.1 Å². The van der Waals surface area contributed by atoms with Gasteiger partial charge in [0.15, 0.2) is 0 Å². The summed E-state index contributed by atoms with van der Waals surface area (Å²) >= 11 is 0. The number of aliphatic carboxylic acids is 1. The Kier molecular flexibility index (Phi) is 5.69. The van der Waals surface area contributed by atoms with Gasteiger partial charge in [0.05, 0.1) is 35.1 Å². The van der Waals surface area contributed by atoms with Gasteiger partial charge in [-0.2, -0.15) is 0 Å². The fourth-order valence-corrected chi connectivity index (χ4v) is 2.81. The van der Waals surface area contributed by atoms with Crippen molar-refractivity contribution in [3.05, 3.63) is 72.9 Å². The van der Waals surface area contributed by atoms with Crippen molar-refractivity contribution in [1.29, 1.82) is 0 Å². The fourth-order valence-electron chi connectivity index (χ4n) is 2.81. The predicted octanol–water partition coefficient (Wildman–Crippen LogP) is 4.66. The van der Waals surface area contributed by atoms with Crippen LogP contribution in [-0.4, -0.2) is 32.6 Å². The molecule has 28 heavy (non-hydrogen) atoms. The number of nitrogens with zero attached hydrogens (tertiary/aromatic N) is 2. The molecule has 0 saturated carbocycles. The Labute approximate surface area is 163 Å². The minimum absolute atomic E-state index is 0.154. The lowest BCUT2D eigenvalue weighted by Gasteiger charge is -2.07. The van der Waals surface area contributed by atoms with Crippen LogP contribution in [0.3, 0.4) is 0 Å². The van der Waals surface area contributed by atoms with Gasteiger partial charge in [0.2, 0.25) is 0 Å². The smallest absolute Gasteiger partial charge is 0.322 e. The fraction of sp³-hybridized carbons (Fsp3) is 0.136. The number of allylic oxidation sites excluding steroid dienone is 5. The van der Waals surface area contributed by atoms with Crippen LogP contribution in [0.15, 0.2) is 67.2 Å². The average Bonchev–Trinajstić information content (AvgIpc) is 3.15. The summed E-state index contributed by atoms with van der Waals surface area (Å²) in [6.07, 6.45) is 9.22. The standard InChI is InChI=1S/C22H22N4O2/c1-14(2)5-4-6-15(3)21-22(26-13-25-21)16-7-8-19-17(9-16)10-18(11-24-19)23-12-20(27)28/h4-11,13,23H,1,12H2,2-3H3,(H,25,26)(H,27,28)/b5-4-,15-6+. The Morgan fingerprint density at radius 3 is 2.86 bits per heavy atom. The van der Waals surface area contributed by atoms with E-state index in [1.807, 2.05) is 56.3 Å². The molecule has 0 amide bonds. The van der Waals surface area contributed by atoms with Gasteiger partial charge >= 0.3 is 5.97 Å². The van der Waals surface area contributed by atoms with Crippen molar-refractivity contribution in [3.63, 3.8) is 0 Å². The molecule has 6 heteroatoms. The summed E-state index contributed by atoms with van der Waals surface area (Å²) < 4.78 is 0. The van der Waals surface area contributed by atoms with Gasteiger partial charge in [-0.05, 0) is 37.6 Å². The van der Waals surface area contributed by atoms with Crippen LogP contribution in [0, 0.1) is 0 Å². The summed E-state index contributed by atoms with van der Waals surface area (Å²) in [6, 6.07) is 7.84. The molecule has 3 aromatic rings. The van der Waals surface area contributed by atoms with Gasteiger partial charge in [0.25, 0.3) is 0 Å². The highest BCUT2D eigenvalue weighted by Crippen LogP contribution is 2.29. The lowest BCUT2D eigenvalue weighted by atomic mass is 10.0. The van der Waals surface area contributed by atoms with Gasteiger partial charge in [-0.3, -0.25) is 9.78 Å². The predicted molar refractivity (Wildman–Crippen MR) is 113 cm³/mol. The number of benzene rings is 1. The monoisotopic (exact) mass is 374 g/mol. The number of nitrogens with one attached hydrogen (secondary N) is 2. The maximum Gasteiger partial charge on any atom is 0.322 e. The molecule has 0 aliphatic rings. The molecule has 0 spiro atoms. The van der Waals surface area contributed by atoms with Gasteiger partial charge in [0, 0.05) is 10.9 Å². The second-order valence-corrected chi connectivity index (χ2v) is 6.56. The number of fused-ring (bicyclic) bond motifs is 1. The zero-order valence-electron chi connectivity index (χ0n) is 15.9. The topological polar surface area (TPSA) is 90.9 Å². The molecule has 3 rings (SSSR count). The Balaban J connectivity index is 1.95. The van der Waals surface area contributed by atoms with Crippen LogP contribution in [0.1, 0.15) is 19.5 Å². The minimum Gasteiger partial charge on any atom is -0.480 e. The third-order valence-electron chi connectivity index (χ3n) is 4.15. The van der Waals surface area contributed by atoms with Gasteiger partial charge < -0.3 is 15.4 Å². The summed E-state index contributed by atoms with van der Waals surface area (Å²) in [5, 5.41) is 12.6. The molecule has 0 fully saturated rings. The highest BCUT2D eigenvalue weighted by Gasteiger charge is 2.11. The van der Waals surface area contributed by atoms with Gasteiger partial charge in [-0.1, -0.05) is 36.4 Å². The summed E-state index contributed by atoms with van der Waals surface area (Å²) in [4.78, 5) is 22.8. The van der Waals surface area contributed by atoms with E-state index < -0.39 is 5.97 Å². The van der Waals surface area contributed by atoms with Crippen LogP contribution in [-0.2, 0) is 4.79 Å². The van der Waals surface area contributed by atoms with Crippen molar-refractivity contribution in [2.75, 3.05) is 11.9 Å². The summed E-state index contributed by atoms with van der Waals surface area (Å²) in [7, 11) is 0. The molecule has 0 saturated heterocycles. The second kappa shape index (κ2) is 8.35. The highest BCUT2D eigenvalue weighted by molar-refractivity contribution is 5.88. The van der Waals surface area contributed by atoms with Crippen LogP contribution in [0.2, 0.25) is 0 Å². The molecule has 6 nitrogen and oxygen atoms in total. The summed E-state index contributed by atoms with van der Waals surface area (Å²) in [5.74, 6) is -0.918. The van der Waals surface area contributed by atoms with Crippen LogP contribution in [0.25, 0.3) is 27.7 Å². The lowest BCUT2D eigenvalue weighted by Crippen LogP contribution is -2.12. The molecule has 142 valence electrons. The van der Waals surface area contributed by atoms with Crippen molar-refractivity contribution in [1.82, 2.24) is 15.0 Å². The van der Waals surface area contributed by atoms with E-state index in [1.54, 1.807) is 12.5 Å². The number of imidazole rings is 1. The van der Waals surface area contributed by atoms with Crippen LogP contribution in [0.4, 0.5) is 5.69 Å². The molecule has 2 heterocycles. The Hall–Kier alpha value is -3.67. The normalized spacial score (nSPS) is 11.9. The molecule has 3 N–H and O–H groups in total. The maximum absolute atomic E-state index is 10.8. The number of aromatic nitrogens is 3. The molecule has 2 aromatic heterocycles. The zero-order valence-corrected chi connectivity index (χ0v) is 15.9. The molecular weight excluding hydrogens is 352 g/mol. The number of rotatable bonds is 7. The average molecular weight is 374 g/mol. The van der Waals surface area contributed by atoms with Crippen molar-refractivity contribution in [3.8, 4) is 11.3 Å². The number of carboxylic acid groups (broad SMARTS) is 1. The molecule has 0 radical (unpaired) electrons. The molecular formula is C22H22N4O2. The first kappa shape index (κ1) is 19.1. The van der Waals surface area contributed by atoms with Crippen molar-refractivity contribution in [2.45, 2.75) is 13.8 Å². The SMILES string of the molecule is C=C(C)/C=C\C=C(/C)c1nc[nH]c1-c1ccc2ncc(NCC(=O)O)cc2c1. The first-order chi connectivity index (χ1) is 13.4. The van der Waals surface area contributed by atoms with Crippen molar-refractivity contribution < 1.29 is 9.90 Å². The number of pyridine rings is 1. The number of carboxylic acids is 1. The molecule has 1 aromatic carbocycles. The van der Waals surface area contributed by atoms with Crippen LogP contribution in [0.5, 0.6) is 0 Å². The van der Waals surface area contributed by atoms with E-state index in [4.69, 9.17) is 5.11 Å². The van der Waals surface area contributed by atoms with E-state index in [0.717, 1.165) is 39.0 Å². The largest absolute Gasteiger partial charge is 0.480 e. The number of aromatic amines is 1. The first-order valence-corrected chi connectivity index (χ1v) is 8.84. The Bertz CT molecular complexity index is 1090. The molecule has 0 unspecified atom stereocenters. The number of hydrogen-bond acceptors (Lipinski definition) is 4. The van der Waals surface area contributed by atoms with E-state index in [1.165, 1.54) is 0 Å². The molecule has 0 bridgehead atoms. The molecule has 0 aliphatic heterocycles. The lowest BCUT2D eigenvalue weighted by molar-refractivity contribution is -0.134. The number of hydrogen-bond donors (Lipinski definition) is 3. The van der Waals surface area contributed by atoms with Gasteiger partial charge in [-0.15, -0.1) is 0 Å². The third-order valence-corrected chi connectivity index (χ3v) is 4.15. The highest BCUT2D eigenvalue weighted by atomic mass is 16.4. The minimum atomic E-state index is -0.918. The Morgan fingerprint density at radius 1 is 1.29 bits per heavy atom. The Morgan fingerprint density at radius 2 is 2.11 bits per heavy atom. The van der Waals surface area contributed by atoms with Gasteiger partial charge in [0.1, 0.15) is 6.54 Å². The number of H-pyrrole nitrogens is 1. The van der Waals surface area contributed by atoms with E-state index in [9.17, 15) is 4.79 Å². The van der Waals surface area contributed by atoms with E-state index in [-0.39, 0.29) is 6.54 Å². The van der Waals surface area contributed by atoms with E-state index in [0.29, 0.717) is 5.69 Å². The van der Waals surface area contributed by atoms with E-state index >= 15 is 0 Å². The van der Waals surface area contributed by atoms with Crippen LogP contribution >= 0.6 is 0 Å². The van der Waals surface area contributed by atoms with Crippen LogP contribution < -0.4 is 5.32 Å². The van der Waals surface area contributed by atoms with Crippen molar-refractivity contribution in [2.24, 2.45) is 0 Å². The second-order valence-electron chi connectivity index (χ2n) is 6.56.